The van der Waals surface area contributed by atoms with Gasteiger partial charge in [0.15, 0.2) is 0 Å². The number of carbonyl (C=O) groups is 1. The van der Waals surface area contributed by atoms with Crippen molar-refractivity contribution in [3.05, 3.63) is 52.5 Å². The fourth-order valence-corrected chi connectivity index (χ4v) is 3.41. The van der Waals surface area contributed by atoms with Gasteiger partial charge in [-0.2, -0.15) is 5.10 Å². The molecule has 4 rings (SSSR count). The van der Waals surface area contributed by atoms with E-state index >= 15 is 0 Å². The molecule has 0 radical (unpaired) electrons. The third kappa shape index (κ3) is 2.40. The third-order valence-corrected chi connectivity index (χ3v) is 4.86. The standard InChI is InChI=1S/C19H22N4O/c1-11(2)17-9-18(22-21-17)19(24)23-7-6-16-14(10-23)13-8-12(3)4-5-15(13)20-16/h4-5,8-9,11,20H,6-7,10H2,1-3H3,(H,21,22). The molecular weight excluding hydrogens is 300 g/mol. The van der Waals surface area contributed by atoms with E-state index in [0.29, 0.717) is 18.2 Å². The van der Waals surface area contributed by atoms with Crippen LogP contribution in [0.25, 0.3) is 10.9 Å². The van der Waals surface area contributed by atoms with E-state index < -0.39 is 0 Å². The number of hydrogen-bond donors (Lipinski definition) is 2. The van der Waals surface area contributed by atoms with Crippen LogP contribution in [0.1, 0.15) is 52.8 Å². The van der Waals surface area contributed by atoms with Gasteiger partial charge in [0.2, 0.25) is 0 Å². The van der Waals surface area contributed by atoms with Gasteiger partial charge < -0.3 is 9.88 Å². The molecule has 0 bridgehead atoms. The first kappa shape index (κ1) is 15.0. The van der Waals surface area contributed by atoms with Crippen LogP contribution in [0.5, 0.6) is 0 Å². The molecule has 2 N–H and O–H groups in total. The van der Waals surface area contributed by atoms with Crippen molar-refractivity contribution < 1.29 is 4.79 Å². The number of benzene rings is 1. The Kier molecular flexibility index (Phi) is 3.44. The number of H-pyrrole nitrogens is 2. The molecule has 1 aromatic carbocycles. The summed E-state index contributed by atoms with van der Waals surface area (Å²) in [7, 11) is 0. The van der Waals surface area contributed by atoms with Gasteiger partial charge in [0.05, 0.1) is 0 Å². The molecule has 1 amide bonds. The number of nitrogens with one attached hydrogen (secondary N) is 2. The van der Waals surface area contributed by atoms with Crippen molar-refractivity contribution in [3.63, 3.8) is 0 Å². The maximum Gasteiger partial charge on any atom is 0.274 e. The Morgan fingerprint density at radius 2 is 2.12 bits per heavy atom. The van der Waals surface area contributed by atoms with Crippen molar-refractivity contribution in [1.82, 2.24) is 20.1 Å². The molecule has 0 aliphatic carbocycles. The Morgan fingerprint density at radius 1 is 1.29 bits per heavy atom. The molecule has 0 unspecified atom stereocenters. The highest BCUT2D eigenvalue weighted by molar-refractivity contribution is 5.93. The number of nitrogens with zero attached hydrogens (tertiary/aromatic N) is 2. The highest BCUT2D eigenvalue weighted by Crippen LogP contribution is 2.29. The molecular formula is C19H22N4O. The molecule has 0 atom stereocenters. The van der Waals surface area contributed by atoms with Crippen LogP contribution in [0.3, 0.4) is 0 Å². The molecule has 1 aliphatic heterocycles. The smallest absolute Gasteiger partial charge is 0.274 e. The second-order valence-corrected chi connectivity index (χ2v) is 6.97. The van der Waals surface area contributed by atoms with Crippen molar-refractivity contribution in [2.24, 2.45) is 0 Å². The van der Waals surface area contributed by atoms with E-state index in [1.54, 1.807) is 0 Å². The Bertz CT molecular complexity index is 919. The number of hydrogen-bond acceptors (Lipinski definition) is 2. The van der Waals surface area contributed by atoms with E-state index in [1.165, 1.54) is 22.2 Å². The molecule has 2 aromatic heterocycles. The van der Waals surface area contributed by atoms with Gasteiger partial charge in [0.25, 0.3) is 5.91 Å². The van der Waals surface area contributed by atoms with Crippen molar-refractivity contribution in [2.75, 3.05) is 6.54 Å². The van der Waals surface area contributed by atoms with Crippen LogP contribution in [0.4, 0.5) is 0 Å². The van der Waals surface area contributed by atoms with Crippen LogP contribution in [-0.4, -0.2) is 32.5 Å². The second kappa shape index (κ2) is 5.51. The third-order valence-electron chi connectivity index (χ3n) is 4.86. The summed E-state index contributed by atoms with van der Waals surface area (Å²) in [6.45, 7) is 7.64. The minimum absolute atomic E-state index is 0.00537. The van der Waals surface area contributed by atoms with E-state index in [0.717, 1.165) is 24.2 Å². The molecule has 0 saturated carbocycles. The van der Waals surface area contributed by atoms with Gasteiger partial charge >= 0.3 is 0 Å². The first-order valence-corrected chi connectivity index (χ1v) is 8.47. The van der Waals surface area contributed by atoms with Gasteiger partial charge in [-0.25, -0.2) is 0 Å². The van der Waals surface area contributed by atoms with Gasteiger partial charge in [-0.15, -0.1) is 0 Å². The lowest BCUT2D eigenvalue weighted by atomic mass is 10.0. The van der Waals surface area contributed by atoms with Crippen molar-refractivity contribution in [2.45, 2.75) is 39.7 Å². The Balaban J connectivity index is 1.64. The molecule has 1 aliphatic rings. The van der Waals surface area contributed by atoms with Crippen molar-refractivity contribution in [1.29, 1.82) is 0 Å². The Labute approximate surface area is 141 Å². The summed E-state index contributed by atoms with van der Waals surface area (Å²) in [6.07, 6.45) is 0.857. The van der Waals surface area contributed by atoms with Gasteiger partial charge in [0, 0.05) is 47.4 Å². The number of aryl methyl sites for hydroxylation is 1. The van der Waals surface area contributed by atoms with Crippen LogP contribution >= 0.6 is 0 Å². The fraction of sp³-hybridized carbons (Fsp3) is 0.368. The number of amides is 1. The Morgan fingerprint density at radius 3 is 2.88 bits per heavy atom. The molecule has 0 spiro atoms. The van der Waals surface area contributed by atoms with E-state index in [2.05, 4.69) is 54.2 Å². The highest BCUT2D eigenvalue weighted by atomic mass is 16.2. The molecule has 3 aromatic rings. The minimum atomic E-state index is 0.00537. The minimum Gasteiger partial charge on any atom is -0.358 e. The average Bonchev–Trinajstić information content (AvgIpc) is 3.18. The lowest BCUT2D eigenvalue weighted by molar-refractivity contribution is 0.0729. The zero-order valence-corrected chi connectivity index (χ0v) is 14.3. The van der Waals surface area contributed by atoms with E-state index in [4.69, 9.17) is 0 Å². The van der Waals surface area contributed by atoms with Crippen LogP contribution in [0.2, 0.25) is 0 Å². The zero-order valence-electron chi connectivity index (χ0n) is 14.3. The maximum absolute atomic E-state index is 12.8. The van der Waals surface area contributed by atoms with Gasteiger partial charge in [0.1, 0.15) is 5.69 Å². The quantitative estimate of drug-likeness (QED) is 0.758. The molecule has 5 nitrogen and oxygen atoms in total. The normalized spacial score (nSPS) is 14.4. The Hall–Kier alpha value is -2.56. The average molecular weight is 322 g/mol. The maximum atomic E-state index is 12.8. The highest BCUT2D eigenvalue weighted by Gasteiger charge is 2.26. The van der Waals surface area contributed by atoms with Crippen LogP contribution in [0.15, 0.2) is 24.3 Å². The van der Waals surface area contributed by atoms with Crippen molar-refractivity contribution >= 4 is 16.8 Å². The summed E-state index contributed by atoms with van der Waals surface area (Å²) in [5.74, 6) is 0.342. The summed E-state index contributed by atoms with van der Waals surface area (Å²) >= 11 is 0. The number of fused-ring (bicyclic) bond motifs is 3. The van der Waals surface area contributed by atoms with Gasteiger partial charge in [-0.3, -0.25) is 9.89 Å². The summed E-state index contributed by atoms with van der Waals surface area (Å²) in [6, 6.07) is 8.31. The largest absolute Gasteiger partial charge is 0.358 e. The number of rotatable bonds is 2. The lowest BCUT2D eigenvalue weighted by Gasteiger charge is -2.26. The second-order valence-electron chi connectivity index (χ2n) is 6.97. The topological polar surface area (TPSA) is 64.8 Å². The number of carbonyl (C=O) groups excluding carboxylic acids is 1. The number of aromatic amines is 2. The molecule has 5 heteroatoms. The van der Waals surface area contributed by atoms with E-state index in [-0.39, 0.29) is 5.91 Å². The molecule has 0 fully saturated rings. The monoisotopic (exact) mass is 322 g/mol. The summed E-state index contributed by atoms with van der Waals surface area (Å²) in [5, 5.41) is 8.41. The molecule has 24 heavy (non-hydrogen) atoms. The predicted octanol–water partition coefficient (Wildman–Crippen LogP) is 3.52. The van der Waals surface area contributed by atoms with Crippen molar-refractivity contribution in [3.8, 4) is 0 Å². The number of aromatic nitrogens is 3. The summed E-state index contributed by atoms with van der Waals surface area (Å²) in [4.78, 5) is 18.2. The SMILES string of the molecule is Cc1ccc2[nH]c3c(c2c1)CN(C(=O)c1cc(C(C)C)[nH]n1)CC3. The van der Waals surface area contributed by atoms with Gasteiger partial charge in [-0.1, -0.05) is 25.5 Å². The van der Waals surface area contributed by atoms with Crippen LogP contribution < -0.4 is 0 Å². The molecule has 0 saturated heterocycles. The predicted molar refractivity (Wildman–Crippen MR) is 94.2 cm³/mol. The fourth-order valence-electron chi connectivity index (χ4n) is 3.41. The van der Waals surface area contributed by atoms with Gasteiger partial charge in [-0.05, 0) is 31.0 Å². The summed E-state index contributed by atoms with van der Waals surface area (Å²) in [5.41, 5.74) is 6.40. The van der Waals surface area contributed by atoms with Crippen LogP contribution in [-0.2, 0) is 13.0 Å². The van der Waals surface area contributed by atoms with Crippen LogP contribution in [0, 0.1) is 6.92 Å². The first-order valence-electron chi connectivity index (χ1n) is 8.47. The summed E-state index contributed by atoms with van der Waals surface area (Å²) < 4.78 is 0. The van der Waals surface area contributed by atoms with E-state index in [9.17, 15) is 4.79 Å². The molecule has 3 heterocycles. The molecule has 124 valence electrons. The first-order chi connectivity index (χ1) is 11.5. The van der Waals surface area contributed by atoms with E-state index in [1.807, 2.05) is 11.0 Å². The zero-order chi connectivity index (χ0) is 16.8. The lowest BCUT2D eigenvalue weighted by Crippen LogP contribution is -2.36.